The standard InChI is InChI=1S/C17H22N6O3S/c1-2-7-18-15(25)19-14(24)12-27-17-21-20-16(22-8-3-4-9-22)23(17)11-13-6-5-10-26-13/h2,5-6,10H,1,3-4,7-9,11-12H2,(H2,18,19,24,25). The summed E-state index contributed by atoms with van der Waals surface area (Å²) >= 11 is 1.23. The first-order valence-corrected chi connectivity index (χ1v) is 9.68. The average Bonchev–Trinajstić information content (AvgIpc) is 3.40. The normalized spacial score (nSPS) is 13.6. The Kier molecular flexibility index (Phi) is 6.53. The lowest BCUT2D eigenvalue weighted by atomic mass is 10.4. The van der Waals surface area contributed by atoms with Crippen LogP contribution in [-0.2, 0) is 11.3 Å². The highest BCUT2D eigenvalue weighted by atomic mass is 32.2. The van der Waals surface area contributed by atoms with E-state index in [1.165, 1.54) is 17.8 Å². The van der Waals surface area contributed by atoms with Gasteiger partial charge in [0.05, 0.1) is 18.6 Å². The van der Waals surface area contributed by atoms with E-state index in [1.54, 1.807) is 6.26 Å². The zero-order valence-electron chi connectivity index (χ0n) is 14.9. The van der Waals surface area contributed by atoms with Crippen molar-refractivity contribution in [1.82, 2.24) is 25.4 Å². The molecule has 0 saturated carbocycles. The number of carbonyl (C=O) groups excluding carboxylic acids is 2. The Labute approximate surface area is 161 Å². The maximum atomic E-state index is 12.0. The third-order valence-corrected chi connectivity index (χ3v) is 4.94. The molecule has 1 aliphatic rings. The van der Waals surface area contributed by atoms with Crippen molar-refractivity contribution < 1.29 is 14.0 Å². The summed E-state index contributed by atoms with van der Waals surface area (Å²) in [6.45, 7) is 6.15. The van der Waals surface area contributed by atoms with Gasteiger partial charge in [-0.3, -0.25) is 14.7 Å². The van der Waals surface area contributed by atoms with Crippen LogP contribution in [0.2, 0.25) is 0 Å². The minimum absolute atomic E-state index is 0.0534. The van der Waals surface area contributed by atoms with Gasteiger partial charge in [0, 0.05) is 19.6 Å². The Morgan fingerprint density at radius 2 is 2.15 bits per heavy atom. The summed E-state index contributed by atoms with van der Waals surface area (Å²) in [6.07, 6.45) is 5.41. The first kappa shape index (κ1) is 19.0. The van der Waals surface area contributed by atoms with Crippen LogP contribution in [0.4, 0.5) is 10.7 Å². The smallest absolute Gasteiger partial charge is 0.321 e. The van der Waals surface area contributed by atoms with Crippen LogP contribution >= 0.6 is 11.8 Å². The number of carbonyl (C=O) groups is 2. The van der Waals surface area contributed by atoms with E-state index in [0.29, 0.717) is 18.2 Å². The average molecular weight is 390 g/mol. The van der Waals surface area contributed by atoms with Gasteiger partial charge in [0.25, 0.3) is 0 Å². The van der Waals surface area contributed by atoms with E-state index in [-0.39, 0.29) is 5.75 Å². The van der Waals surface area contributed by atoms with Gasteiger partial charge in [0.15, 0.2) is 5.16 Å². The number of urea groups is 1. The monoisotopic (exact) mass is 390 g/mol. The fraction of sp³-hybridized carbons (Fsp3) is 0.412. The van der Waals surface area contributed by atoms with Crippen LogP contribution in [0, 0.1) is 0 Å². The molecule has 3 heterocycles. The molecule has 0 atom stereocenters. The molecule has 144 valence electrons. The number of rotatable bonds is 8. The molecule has 3 amide bonds. The van der Waals surface area contributed by atoms with Crippen molar-refractivity contribution in [2.75, 3.05) is 30.3 Å². The molecule has 10 heteroatoms. The fourth-order valence-corrected chi connectivity index (χ4v) is 3.47. The molecule has 3 rings (SSSR count). The first-order chi connectivity index (χ1) is 13.2. The third-order valence-electron chi connectivity index (χ3n) is 3.97. The number of hydrogen-bond acceptors (Lipinski definition) is 7. The number of aromatic nitrogens is 3. The molecule has 2 aromatic heterocycles. The van der Waals surface area contributed by atoms with Crippen LogP contribution in [0.15, 0.2) is 40.6 Å². The molecule has 1 aliphatic heterocycles. The van der Waals surface area contributed by atoms with Crippen molar-refractivity contribution in [1.29, 1.82) is 0 Å². The number of nitrogens with zero attached hydrogens (tertiary/aromatic N) is 4. The maximum Gasteiger partial charge on any atom is 0.321 e. The number of amides is 3. The zero-order valence-corrected chi connectivity index (χ0v) is 15.7. The van der Waals surface area contributed by atoms with Gasteiger partial charge in [0.1, 0.15) is 5.76 Å². The molecule has 0 aromatic carbocycles. The lowest BCUT2D eigenvalue weighted by Crippen LogP contribution is -2.40. The molecular weight excluding hydrogens is 368 g/mol. The zero-order chi connectivity index (χ0) is 19.1. The highest BCUT2D eigenvalue weighted by Crippen LogP contribution is 2.25. The number of anilines is 1. The van der Waals surface area contributed by atoms with E-state index in [1.807, 2.05) is 16.7 Å². The van der Waals surface area contributed by atoms with E-state index in [4.69, 9.17) is 4.42 Å². The molecule has 2 N–H and O–H groups in total. The van der Waals surface area contributed by atoms with Crippen LogP contribution in [0.3, 0.4) is 0 Å². The van der Waals surface area contributed by atoms with Gasteiger partial charge >= 0.3 is 6.03 Å². The van der Waals surface area contributed by atoms with Gasteiger partial charge in [0.2, 0.25) is 11.9 Å². The van der Waals surface area contributed by atoms with E-state index in [0.717, 1.165) is 37.6 Å². The predicted molar refractivity (Wildman–Crippen MR) is 102 cm³/mol. The summed E-state index contributed by atoms with van der Waals surface area (Å²) in [6, 6.07) is 3.17. The Balaban J connectivity index is 1.66. The van der Waals surface area contributed by atoms with Crippen LogP contribution in [-0.4, -0.2) is 52.1 Å². The second kappa shape index (κ2) is 9.26. The molecule has 0 spiro atoms. The summed E-state index contributed by atoms with van der Waals surface area (Å²) in [7, 11) is 0. The molecule has 9 nitrogen and oxygen atoms in total. The summed E-state index contributed by atoms with van der Waals surface area (Å²) in [4.78, 5) is 25.7. The highest BCUT2D eigenvalue weighted by molar-refractivity contribution is 7.99. The largest absolute Gasteiger partial charge is 0.467 e. The molecule has 0 radical (unpaired) electrons. The molecular formula is C17H22N6O3S. The quantitative estimate of drug-likeness (QED) is 0.521. The number of hydrogen-bond donors (Lipinski definition) is 2. The van der Waals surface area contributed by atoms with Gasteiger partial charge < -0.3 is 14.6 Å². The summed E-state index contributed by atoms with van der Waals surface area (Å²) in [5, 5.41) is 13.9. The van der Waals surface area contributed by atoms with Crippen molar-refractivity contribution in [2.24, 2.45) is 0 Å². The molecule has 0 unspecified atom stereocenters. The Hall–Kier alpha value is -2.75. The predicted octanol–water partition coefficient (Wildman–Crippen LogP) is 1.62. The summed E-state index contributed by atoms with van der Waals surface area (Å²) in [5.74, 6) is 1.20. The number of imide groups is 1. The number of furan rings is 1. The van der Waals surface area contributed by atoms with Gasteiger partial charge in [-0.15, -0.1) is 16.8 Å². The van der Waals surface area contributed by atoms with E-state index >= 15 is 0 Å². The SMILES string of the molecule is C=CCNC(=O)NC(=O)CSc1nnc(N2CCCC2)n1Cc1ccco1. The van der Waals surface area contributed by atoms with Gasteiger partial charge in [-0.2, -0.15) is 0 Å². The van der Waals surface area contributed by atoms with Crippen molar-refractivity contribution in [3.63, 3.8) is 0 Å². The van der Waals surface area contributed by atoms with E-state index < -0.39 is 11.9 Å². The second-order valence-corrected chi connectivity index (χ2v) is 6.92. The third kappa shape index (κ3) is 5.13. The Morgan fingerprint density at radius 1 is 1.33 bits per heavy atom. The van der Waals surface area contributed by atoms with Gasteiger partial charge in [-0.1, -0.05) is 17.8 Å². The van der Waals surface area contributed by atoms with Crippen LogP contribution in [0.1, 0.15) is 18.6 Å². The van der Waals surface area contributed by atoms with Crippen molar-refractivity contribution in [3.05, 3.63) is 36.8 Å². The lowest BCUT2D eigenvalue weighted by molar-refractivity contribution is -0.117. The van der Waals surface area contributed by atoms with E-state index in [2.05, 4.69) is 32.3 Å². The number of thioether (sulfide) groups is 1. The van der Waals surface area contributed by atoms with Crippen molar-refractivity contribution >= 4 is 29.6 Å². The summed E-state index contributed by atoms with van der Waals surface area (Å²) in [5.41, 5.74) is 0. The Morgan fingerprint density at radius 3 is 2.85 bits per heavy atom. The van der Waals surface area contributed by atoms with Gasteiger partial charge in [-0.25, -0.2) is 4.79 Å². The molecule has 0 bridgehead atoms. The topological polar surface area (TPSA) is 105 Å². The first-order valence-electron chi connectivity index (χ1n) is 8.69. The summed E-state index contributed by atoms with van der Waals surface area (Å²) < 4.78 is 7.40. The van der Waals surface area contributed by atoms with Gasteiger partial charge in [-0.05, 0) is 25.0 Å². The molecule has 2 aromatic rings. The fourth-order valence-electron chi connectivity index (χ4n) is 2.74. The van der Waals surface area contributed by atoms with Crippen LogP contribution < -0.4 is 15.5 Å². The minimum Gasteiger partial charge on any atom is -0.467 e. The van der Waals surface area contributed by atoms with Crippen molar-refractivity contribution in [3.8, 4) is 0 Å². The van der Waals surface area contributed by atoms with Crippen LogP contribution in [0.25, 0.3) is 0 Å². The molecule has 0 aliphatic carbocycles. The second-order valence-electron chi connectivity index (χ2n) is 5.98. The molecule has 1 fully saturated rings. The van der Waals surface area contributed by atoms with Crippen LogP contribution in [0.5, 0.6) is 0 Å². The molecule has 1 saturated heterocycles. The highest BCUT2D eigenvalue weighted by Gasteiger charge is 2.22. The van der Waals surface area contributed by atoms with Crippen molar-refractivity contribution in [2.45, 2.75) is 24.5 Å². The minimum atomic E-state index is -0.546. The number of nitrogens with one attached hydrogen (secondary N) is 2. The maximum absolute atomic E-state index is 12.0. The molecule has 27 heavy (non-hydrogen) atoms. The lowest BCUT2D eigenvalue weighted by Gasteiger charge is -2.17. The Bertz CT molecular complexity index is 783. The van der Waals surface area contributed by atoms with E-state index in [9.17, 15) is 9.59 Å².